The number of nitrogens with zero attached hydrogens (tertiary/aromatic N) is 1. The molecule has 8 nitrogen and oxygen atoms in total. The number of alkyl halides is 3. The van der Waals surface area contributed by atoms with Gasteiger partial charge in [-0.25, -0.2) is 4.79 Å². The van der Waals surface area contributed by atoms with Crippen molar-refractivity contribution in [2.24, 2.45) is 5.92 Å². The second-order valence-corrected chi connectivity index (χ2v) is 5.69. The van der Waals surface area contributed by atoms with E-state index in [1.165, 1.54) is 19.2 Å². The van der Waals surface area contributed by atoms with Crippen LogP contribution in [0.1, 0.15) is 12.0 Å². The van der Waals surface area contributed by atoms with Gasteiger partial charge in [0.15, 0.2) is 6.61 Å². The zero-order valence-corrected chi connectivity index (χ0v) is 14.1. The van der Waals surface area contributed by atoms with Crippen molar-refractivity contribution in [3.8, 4) is 0 Å². The fourth-order valence-electron chi connectivity index (χ4n) is 2.44. The molecule has 27 heavy (non-hydrogen) atoms. The molecule has 1 aliphatic heterocycles. The predicted octanol–water partition coefficient (Wildman–Crippen LogP) is 1.06. The highest BCUT2D eigenvalue weighted by Crippen LogP contribution is 2.33. The Morgan fingerprint density at radius 3 is 2.63 bits per heavy atom. The number of ether oxygens (including phenoxy) is 1. The van der Waals surface area contributed by atoms with E-state index in [0.717, 1.165) is 17.0 Å². The highest BCUT2D eigenvalue weighted by atomic mass is 19.4. The molecule has 0 unspecified atom stereocenters. The van der Waals surface area contributed by atoms with Crippen LogP contribution in [0.15, 0.2) is 24.3 Å². The van der Waals surface area contributed by atoms with E-state index in [0.29, 0.717) is 0 Å². The molecule has 1 aromatic carbocycles. The number of hydrogen-bond donors (Lipinski definition) is 2. The Morgan fingerprint density at radius 2 is 2.00 bits per heavy atom. The molecule has 4 amide bonds. The Labute approximate surface area is 151 Å². The van der Waals surface area contributed by atoms with Crippen molar-refractivity contribution in [2.75, 3.05) is 25.1 Å². The molecule has 0 aromatic heterocycles. The molecule has 2 rings (SSSR count). The van der Waals surface area contributed by atoms with E-state index < -0.39 is 48.1 Å². The minimum absolute atomic E-state index is 0.0162. The molecular formula is C16H16F3N3O5. The Morgan fingerprint density at radius 1 is 1.30 bits per heavy atom. The first kappa shape index (κ1) is 20.2. The summed E-state index contributed by atoms with van der Waals surface area (Å²) in [7, 11) is 1.29. The third kappa shape index (κ3) is 5.19. The molecule has 1 aliphatic rings. The summed E-state index contributed by atoms with van der Waals surface area (Å²) in [6, 6.07) is 3.42. The van der Waals surface area contributed by atoms with Gasteiger partial charge >= 0.3 is 18.2 Å². The minimum atomic E-state index is -4.56. The number of carbonyl (C=O) groups is 4. The van der Waals surface area contributed by atoms with Gasteiger partial charge in [-0.1, -0.05) is 6.07 Å². The summed E-state index contributed by atoms with van der Waals surface area (Å²) >= 11 is 0. The first-order chi connectivity index (χ1) is 12.6. The standard InChI is InChI=1S/C16H16F3N3O5/c1-20-15(26)21-12(23)8-27-14(25)9-5-13(24)22(7-9)11-4-2-3-10(6-11)16(17,18)19/h2-4,6,9H,5,7-8H2,1H3,(H2,20,21,23,26)/t9-/m0/s1. The summed E-state index contributed by atoms with van der Waals surface area (Å²) in [4.78, 5) is 47.5. The Hall–Kier alpha value is -3.11. The summed E-state index contributed by atoms with van der Waals surface area (Å²) < 4.78 is 43.2. The van der Waals surface area contributed by atoms with E-state index in [9.17, 15) is 32.3 Å². The third-order valence-corrected chi connectivity index (χ3v) is 3.77. The molecule has 0 bridgehead atoms. The van der Waals surface area contributed by atoms with E-state index >= 15 is 0 Å². The number of urea groups is 1. The summed E-state index contributed by atoms with van der Waals surface area (Å²) in [6.07, 6.45) is -4.82. The molecule has 1 atom stereocenters. The van der Waals surface area contributed by atoms with Gasteiger partial charge < -0.3 is 15.0 Å². The lowest BCUT2D eigenvalue weighted by atomic mass is 10.1. The predicted molar refractivity (Wildman–Crippen MR) is 85.5 cm³/mol. The molecular weight excluding hydrogens is 371 g/mol. The number of hydrogen-bond acceptors (Lipinski definition) is 5. The van der Waals surface area contributed by atoms with Crippen LogP contribution in [0.5, 0.6) is 0 Å². The van der Waals surface area contributed by atoms with Gasteiger partial charge in [0.2, 0.25) is 5.91 Å². The summed E-state index contributed by atoms with van der Waals surface area (Å²) in [5.41, 5.74) is -0.896. The zero-order chi connectivity index (χ0) is 20.2. The van der Waals surface area contributed by atoms with E-state index in [4.69, 9.17) is 4.74 Å². The van der Waals surface area contributed by atoms with Crippen molar-refractivity contribution in [1.29, 1.82) is 0 Å². The molecule has 0 saturated carbocycles. The molecule has 0 spiro atoms. The van der Waals surface area contributed by atoms with Crippen LogP contribution in [-0.4, -0.2) is 44.0 Å². The van der Waals surface area contributed by atoms with Gasteiger partial charge in [-0.3, -0.25) is 19.7 Å². The van der Waals surface area contributed by atoms with Crippen LogP contribution in [0.25, 0.3) is 0 Å². The number of benzene rings is 1. The van der Waals surface area contributed by atoms with Gasteiger partial charge in [-0.2, -0.15) is 13.2 Å². The number of rotatable bonds is 4. The van der Waals surface area contributed by atoms with Gasteiger partial charge in [0.25, 0.3) is 5.91 Å². The zero-order valence-electron chi connectivity index (χ0n) is 14.1. The van der Waals surface area contributed by atoms with E-state index in [1.54, 1.807) is 0 Å². The second kappa shape index (κ2) is 8.06. The van der Waals surface area contributed by atoms with Crippen molar-refractivity contribution in [1.82, 2.24) is 10.6 Å². The molecule has 2 N–H and O–H groups in total. The van der Waals surface area contributed by atoms with Crippen molar-refractivity contribution in [2.45, 2.75) is 12.6 Å². The van der Waals surface area contributed by atoms with Crippen molar-refractivity contribution in [3.63, 3.8) is 0 Å². The first-order valence-corrected chi connectivity index (χ1v) is 7.77. The van der Waals surface area contributed by atoms with Crippen molar-refractivity contribution in [3.05, 3.63) is 29.8 Å². The summed E-state index contributed by atoms with van der Waals surface area (Å²) in [6.45, 7) is -0.892. The van der Waals surface area contributed by atoms with Crippen LogP contribution in [0.2, 0.25) is 0 Å². The van der Waals surface area contributed by atoms with Crippen LogP contribution in [-0.2, 0) is 25.3 Å². The fraction of sp³-hybridized carbons (Fsp3) is 0.375. The van der Waals surface area contributed by atoms with E-state index in [-0.39, 0.29) is 18.7 Å². The maximum atomic E-state index is 12.8. The van der Waals surface area contributed by atoms with E-state index in [2.05, 4.69) is 5.32 Å². The number of imide groups is 1. The number of halogens is 3. The van der Waals surface area contributed by atoms with Crippen LogP contribution in [0.3, 0.4) is 0 Å². The minimum Gasteiger partial charge on any atom is -0.455 e. The SMILES string of the molecule is CNC(=O)NC(=O)COC(=O)[C@H]1CC(=O)N(c2cccc(C(F)(F)F)c2)C1. The lowest BCUT2D eigenvalue weighted by Gasteiger charge is -2.18. The van der Waals surface area contributed by atoms with Crippen molar-refractivity contribution < 1.29 is 37.1 Å². The average Bonchev–Trinajstić information content (AvgIpc) is 3.00. The second-order valence-electron chi connectivity index (χ2n) is 5.69. The van der Waals surface area contributed by atoms with Gasteiger partial charge in [0, 0.05) is 25.7 Å². The number of anilines is 1. The quantitative estimate of drug-likeness (QED) is 0.752. The van der Waals surface area contributed by atoms with Crippen LogP contribution in [0.4, 0.5) is 23.7 Å². The smallest absolute Gasteiger partial charge is 0.416 e. The number of nitrogens with one attached hydrogen (secondary N) is 2. The number of esters is 1. The largest absolute Gasteiger partial charge is 0.455 e. The monoisotopic (exact) mass is 387 g/mol. The summed E-state index contributed by atoms with van der Waals surface area (Å²) in [5.74, 6) is -3.18. The highest BCUT2D eigenvalue weighted by Gasteiger charge is 2.37. The Bertz CT molecular complexity index is 766. The summed E-state index contributed by atoms with van der Waals surface area (Å²) in [5, 5.41) is 4.03. The Kier molecular flexibility index (Phi) is 6.03. The van der Waals surface area contributed by atoms with Crippen molar-refractivity contribution >= 4 is 29.5 Å². The molecule has 1 heterocycles. The van der Waals surface area contributed by atoms with Crippen LogP contribution >= 0.6 is 0 Å². The number of carbonyl (C=O) groups excluding carboxylic acids is 4. The molecule has 0 aliphatic carbocycles. The maximum absolute atomic E-state index is 12.8. The molecule has 1 saturated heterocycles. The molecule has 0 radical (unpaired) electrons. The fourth-order valence-corrected chi connectivity index (χ4v) is 2.44. The van der Waals surface area contributed by atoms with Gasteiger partial charge in [0.1, 0.15) is 0 Å². The van der Waals surface area contributed by atoms with Crippen LogP contribution in [0, 0.1) is 5.92 Å². The molecule has 1 fully saturated rings. The topological polar surface area (TPSA) is 105 Å². The highest BCUT2D eigenvalue weighted by molar-refractivity contribution is 6.00. The number of amides is 4. The lowest BCUT2D eigenvalue weighted by Crippen LogP contribution is -2.40. The average molecular weight is 387 g/mol. The molecule has 146 valence electrons. The third-order valence-electron chi connectivity index (χ3n) is 3.77. The van der Waals surface area contributed by atoms with Gasteiger partial charge in [0.05, 0.1) is 11.5 Å². The normalized spacial score (nSPS) is 16.8. The Balaban J connectivity index is 1.98. The maximum Gasteiger partial charge on any atom is 0.416 e. The first-order valence-electron chi connectivity index (χ1n) is 7.77. The van der Waals surface area contributed by atoms with Crippen LogP contribution < -0.4 is 15.5 Å². The van der Waals surface area contributed by atoms with Gasteiger partial charge in [-0.05, 0) is 18.2 Å². The molecule has 11 heteroatoms. The lowest BCUT2D eigenvalue weighted by molar-refractivity contribution is -0.152. The molecule has 1 aromatic rings. The van der Waals surface area contributed by atoms with Gasteiger partial charge in [-0.15, -0.1) is 0 Å². The van der Waals surface area contributed by atoms with E-state index in [1.807, 2.05) is 5.32 Å².